The van der Waals surface area contributed by atoms with Gasteiger partial charge < -0.3 is 14.5 Å². The van der Waals surface area contributed by atoms with E-state index in [0.717, 1.165) is 12.0 Å². The van der Waals surface area contributed by atoms with E-state index in [9.17, 15) is 4.79 Å². The van der Waals surface area contributed by atoms with Crippen LogP contribution in [0.2, 0.25) is 0 Å². The molecule has 0 fully saturated rings. The summed E-state index contributed by atoms with van der Waals surface area (Å²) in [5, 5.41) is 0. The van der Waals surface area contributed by atoms with Crippen LogP contribution in [-0.4, -0.2) is 43.1 Å². The molecule has 0 N–H and O–H groups in total. The molecule has 0 spiro atoms. The highest BCUT2D eigenvalue weighted by molar-refractivity contribution is 5.70. The van der Waals surface area contributed by atoms with Crippen molar-refractivity contribution in [3.8, 4) is 5.75 Å². The topological polar surface area (TPSA) is 32.8 Å². The fraction of sp³-hybridized carbons (Fsp3) is 0.381. The Hall–Kier alpha value is -2.33. The summed E-state index contributed by atoms with van der Waals surface area (Å²) in [6, 6.07) is 18.2. The number of hydrogen-bond donors (Lipinski definition) is 0. The molecular formula is C21H28N2O2. The predicted octanol–water partition coefficient (Wildman–Crippen LogP) is 4.37. The highest BCUT2D eigenvalue weighted by Crippen LogP contribution is 2.22. The number of carbonyl (C=O) groups is 1. The van der Waals surface area contributed by atoms with Crippen molar-refractivity contribution in [3.63, 3.8) is 0 Å². The first kappa shape index (κ1) is 19.0. The summed E-state index contributed by atoms with van der Waals surface area (Å²) >= 11 is 0. The molecule has 0 saturated carbocycles. The second-order valence-corrected chi connectivity index (χ2v) is 6.73. The summed E-state index contributed by atoms with van der Waals surface area (Å²) in [5.74, 6) is 0.579. The lowest BCUT2D eigenvalue weighted by Crippen LogP contribution is -2.38. The van der Waals surface area contributed by atoms with Crippen LogP contribution >= 0.6 is 0 Å². The molecule has 0 aromatic heterocycles. The number of amides is 1. The molecule has 134 valence electrons. The minimum absolute atomic E-state index is 0.0544. The molecule has 0 bridgehead atoms. The standard InChI is InChI=1S/C21H28N2O2/c1-16(14-18-10-7-6-8-11-18)23(5)21(24)25-20-13-9-12-19(15-20)17(2)22(3)4/h6-13,15-17H,14H2,1-5H3/t16-,17+/m1/s1. The van der Waals surface area contributed by atoms with Crippen LogP contribution in [0.5, 0.6) is 5.75 Å². The van der Waals surface area contributed by atoms with Crippen molar-refractivity contribution in [2.45, 2.75) is 32.4 Å². The number of hydrogen-bond acceptors (Lipinski definition) is 3. The summed E-state index contributed by atoms with van der Waals surface area (Å²) in [4.78, 5) is 16.2. The third-order valence-electron chi connectivity index (χ3n) is 4.64. The normalized spacial score (nSPS) is 13.4. The van der Waals surface area contributed by atoms with Gasteiger partial charge in [0.15, 0.2) is 0 Å². The molecule has 0 aliphatic carbocycles. The van der Waals surface area contributed by atoms with Crippen molar-refractivity contribution in [2.75, 3.05) is 21.1 Å². The van der Waals surface area contributed by atoms with Crippen LogP contribution in [0.4, 0.5) is 4.79 Å². The van der Waals surface area contributed by atoms with Gasteiger partial charge in [0, 0.05) is 19.1 Å². The van der Waals surface area contributed by atoms with Crippen molar-refractivity contribution >= 4 is 6.09 Å². The molecule has 0 aliphatic heterocycles. The van der Waals surface area contributed by atoms with Gasteiger partial charge in [-0.3, -0.25) is 0 Å². The molecule has 0 heterocycles. The van der Waals surface area contributed by atoms with Gasteiger partial charge in [0.05, 0.1) is 0 Å². The molecule has 0 unspecified atom stereocenters. The Labute approximate surface area is 151 Å². The lowest BCUT2D eigenvalue weighted by Gasteiger charge is -2.25. The zero-order valence-corrected chi connectivity index (χ0v) is 15.8. The summed E-state index contributed by atoms with van der Waals surface area (Å²) in [6.07, 6.45) is 0.461. The van der Waals surface area contributed by atoms with E-state index in [4.69, 9.17) is 4.74 Å². The summed E-state index contributed by atoms with van der Waals surface area (Å²) < 4.78 is 5.57. The lowest BCUT2D eigenvalue weighted by atomic mass is 10.1. The fourth-order valence-corrected chi connectivity index (χ4v) is 2.58. The van der Waals surface area contributed by atoms with Gasteiger partial charge in [-0.25, -0.2) is 4.79 Å². The zero-order valence-electron chi connectivity index (χ0n) is 15.8. The van der Waals surface area contributed by atoms with E-state index in [1.165, 1.54) is 5.56 Å². The van der Waals surface area contributed by atoms with Crippen LogP contribution in [0, 0.1) is 0 Å². The molecular weight excluding hydrogens is 312 g/mol. The predicted molar refractivity (Wildman–Crippen MR) is 102 cm³/mol. The number of rotatable bonds is 6. The van der Waals surface area contributed by atoms with E-state index in [1.54, 1.807) is 11.9 Å². The first-order valence-electron chi connectivity index (χ1n) is 8.63. The SMILES string of the molecule is C[C@H](Cc1ccccc1)N(C)C(=O)Oc1cccc([C@H](C)N(C)C)c1. The molecule has 4 nitrogen and oxygen atoms in total. The lowest BCUT2D eigenvalue weighted by molar-refractivity contribution is 0.148. The van der Waals surface area contributed by atoms with Gasteiger partial charge in [-0.15, -0.1) is 0 Å². The Kier molecular flexibility index (Phi) is 6.59. The molecule has 2 rings (SSSR count). The van der Waals surface area contributed by atoms with Gasteiger partial charge in [0.25, 0.3) is 0 Å². The second-order valence-electron chi connectivity index (χ2n) is 6.73. The van der Waals surface area contributed by atoms with E-state index in [1.807, 2.05) is 63.5 Å². The van der Waals surface area contributed by atoms with Crippen molar-refractivity contribution in [1.29, 1.82) is 0 Å². The van der Waals surface area contributed by atoms with Crippen LogP contribution in [0.25, 0.3) is 0 Å². The smallest absolute Gasteiger partial charge is 0.410 e. The molecule has 4 heteroatoms. The van der Waals surface area contributed by atoms with E-state index in [0.29, 0.717) is 5.75 Å². The van der Waals surface area contributed by atoms with Crippen molar-refractivity contribution in [3.05, 3.63) is 65.7 Å². The quantitative estimate of drug-likeness (QED) is 0.783. The summed E-state index contributed by atoms with van der Waals surface area (Å²) in [5.41, 5.74) is 2.33. The first-order chi connectivity index (χ1) is 11.9. The van der Waals surface area contributed by atoms with E-state index in [2.05, 4.69) is 24.0 Å². The highest BCUT2D eigenvalue weighted by atomic mass is 16.6. The maximum absolute atomic E-state index is 12.5. The van der Waals surface area contributed by atoms with Gasteiger partial charge in [0.1, 0.15) is 5.75 Å². The number of carbonyl (C=O) groups excluding carboxylic acids is 1. The molecule has 0 aliphatic rings. The van der Waals surface area contributed by atoms with Crippen molar-refractivity contribution in [2.24, 2.45) is 0 Å². The maximum Gasteiger partial charge on any atom is 0.415 e. The minimum atomic E-state index is -0.335. The van der Waals surface area contributed by atoms with Gasteiger partial charge in [-0.2, -0.15) is 0 Å². The summed E-state index contributed by atoms with van der Waals surface area (Å²) in [7, 11) is 5.84. The Morgan fingerprint density at radius 3 is 2.32 bits per heavy atom. The Morgan fingerprint density at radius 1 is 1.00 bits per heavy atom. The molecule has 1 amide bonds. The molecule has 2 aromatic carbocycles. The molecule has 2 aromatic rings. The Morgan fingerprint density at radius 2 is 1.68 bits per heavy atom. The van der Waals surface area contributed by atoms with Crippen LogP contribution in [0.15, 0.2) is 54.6 Å². The zero-order chi connectivity index (χ0) is 18.4. The van der Waals surface area contributed by atoms with Gasteiger partial charge in [0.2, 0.25) is 0 Å². The van der Waals surface area contributed by atoms with Crippen LogP contribution in [-0.2, 0) is 6.42 Å². The Bertz CT molecular complexity index is 685. The number of likely N-dealkylation sites (N-methyl/N-ethyl adjacent to an activating group) is 1. The monoisotopic (exact) mass is 340 g/mol. The summed E-state index contributed by atoms with van der Waals surface area (Å²) in [6.45, 7) is 4.15. The van der Waals surface area contributed by atoms with Crippen LogP contribution < -0.4 is 4.74 Å². The fourth-order valence-electron chi connectivity index (χ4n) is 2.58. The molecule has 0 saturated heterocycles. The van der Waals surface area contributed by atoms with Crippen molar-refractivity contribution < 1.29 is 9.53 Å². The Balaban J connectivity index is 2.00. The molecule has 0 radical (unpaired) electrons. The number of nitrogens with zero attached hydrogens (tertiary/aromatic N) is 2. The van der Waals surface area contributed by atoms with Crippen molar-refractivity contribution in [1.82, 2.24) is 9.80 Å². The molecule has 25 heavy (non-hydrogen) atoms. The average molecular weight is 340 g/mol. The van der Waals surface area contributed by atoms with E-state index < -0.39 is 0 Å². The van der Waals surface area contributed by atoms with Crippen LogP contribution in [0.1, 0.15) is 31.0 Å². The van der Waals surface area contributed by atoms with Gasteiger partial charge in [-0.05, 0) is 57.6 Å². The van der Waals surface area contributed by atoms with Gasteiger partial charge in [-0.1, -0.05) is 42.5 Å². The van der Waals surface area contributed by atoms with Gasteiger partial charge >= 0.3 is 6.09 Å². The maximum atomic E-state index is 12.5. The number of benzene rings is 2. The van der Waals surface area contributed by atoms with E-state index in [-0.39, 0.29) is 18.2 Å². The largest absolute Gasteiger partial charge is 0.415 e. The second kappa shape index (κ2) is 8.67. The van der Waals surface area contributed by atoms with E-state index >= 15 is 0 Å². The van der Waals surface area contributed by atoms with Crippen LogP contribution in [0.3, 0.4) is 0 Å². The third kappa shape index (κ3) is 5.33. The molecule has 2 atom stereocenters. The first-order valence-corrected chi connectivity index (χ1v) is 8.63. The average Bonchev–Trinajstić information content (AvgIpc) is 2.61. The highest BCUT2D eigenvalue weighted by Gasteiger charge is 2.18. The minimum Gasteiger partial charge on any atom is -0.410 e. The third-order valence-corrected chi connectivity index (χ3v) is 4.64. The number of ether oxygens (including phenoxy) is 1.